The number of nitrogens with two attached hydrogens (primary N) is 2. The molecule has 0 aliphatic rings. The molecule has 8 heteroatoms. The second-order valence-electron chi connectivity index (χ2n) is 7.20. The predicted molar refractivity (Wildman–Crippen MR) is 130 cm³/mol. The number of primary amides is 1. The van der Waals surface area contributed by atoms with Gasteiger partial charge in [-0.25, -0.2) is 4.98 Å². The Morgan fingerprint density at radius 1 is 1.22 bits per heavy atom. The molecule has 0 bridgehead atoms. The Morgan fingerprint density at radius 3 is 2.78 bits per heavy atom. The minimum absolute atomic E-state index is 0.453. The molecule has 8 nitrogen and oxygen atoms in total. The summed E-state index contributed by atoms with van der Waals surface area (Å²) in [4.78, 5) is 20.2. The van der Waals surface area contributed by atoms with E-state index in [9.17, 15) is 4.79 Å². The van der Waals surface area contributed by atoms with Crippen LogP contribution in [0.15, 0.2) is 72.4 Å². The maximum absolute atomic E-state index is 11.6. The van der Waals surface area contributed by atoms with Crippen LogP contribution >= 0.6 is 0 Å². The van der Waals surface area contributed by atoms with Gasteiger partial charge in [0.05, 0.1) is 34.6 Å². The number of aliphatic imine (C=N–C) groups is 1. The van der Waals surface area contributed by atoms with Crippen LogP contribution in [0, 0.1) is 0 Å². The lowest BCUT2D eigenvalue weighted by Crippen LogP contribution is -2.12. The molecule has 0 saturated carbocycles. The van der Waals surface area contributed by atoms with Gasteiger partial charge in [-0.2, -0.15) is 0 Å². The van der Waals surface area contributed by atoms with Gasteiger partial charge in [-0.1, -0.05) is 6.07 Å². The fourth-order valence-electron chi connectivity index (χ4n) is 3.76. The van der Waals surface area contributed by atoms with Crippen molar-refractivity contribution in [3.8, 4) is 11.4 Å². The van der Waals surface area contributed by atoms with E-state index < -0.39 is 5.91 Å². The number of anilines is 1. The van der Waals surface area contributed by atoms with Crippen molar-refractivity contribution in [3.05, 3.63) is 78.6 Å². The topological polar surface area (TPSA) is 116 Å². The highest BCUT2D eigenvalue weighted by molar-refractivity contribution is 6.08. The molecule has 0 spiro atoms. The lowest BCUT2D eigenvalue weighted by atomic mass is 10.1. The molecule has 0 saturated heterocycles. The highest BCUT2D eigenvalue weighted by Crippen LogP contribution is 2.30. The molecule has 0 aliphatic carbocycles. The number of benzene rings is 2. The van der Waals surface area contributed by atoms with Crippen molar-refractivity contribution >= 4 is 34.3 Å². The number of nitrogens with one attached hydrogen (secondary N) is 1. The zero-order chi connectivity index (χ0) is 22.7. The second kappa shape index (κ2) is 8.81. The number of nitrogens with zero attached hydrogens (tertiary/aromatic N) is 4. The summed E-state index contributed by atoms with van der Waals surface area (Å²) in [5, 5.41) is 4.39. The van der Waals surface area contributed by atoms with Crippen molar-refractivity contribution in [2.75, 3.05) is 18.9 Å². The number of amides is 1. The number of fused-ring (bicyclic) bond motifs is 1. The number of allylic oxidation sites excluding steroid dienone is 1. The first-order valence-electron chi connectivity index (χ1n) is 10.2. The maximum Gasteiger partial charge on any atom is 0.248 e. The number of hydrogen-bond acceptors (Lipinski definition) is 5. The molecular formula is C24H25N7O. The van der Waals surface area contributed by atoms with Gasteiger partial charge in [-0.15, -0.1) is 0 Å². The van der Waals surface area contributed by atoms with Crippen molar-refractivity contribution in [2.45, 2.75) is 6.92 Å². The van der Waals surface area contributed by atoms with Crippen LogP contribution in [0.1, 0.15) is 23.0 Å². The monoisotopic (exact) mass is 427 g/mol. The number of carbonyl (C=O) groups excluding carboxylic acids is 1. The SMILES string of the molecule is CCNc1cc(C(N)=O)ccc1-n1ccc2c(-n3cnc(C(C=NC)=CN)c3)cccc21. The zero-order valence-corrected chi connectivity index (χ0v) is 18.0. The summed E-state index contributed by atoms with van der Waals surface area (Å²) in [6.45, 7) is 2.73. The van der Waals surface area contributed by atoms with Crippen LogP contribution in [-0.2, 0) is 0 Å². The average molecular weight is 428 g/mol. The van der Waals surface area contributed by atoms with Crippen molar-refractivity contribution in [2.24, 2.45) is 16.5 Å². The number of aromatic nitrogens is 3. The average Bonchev–Trinajstić information content (AvgIpc) is 3.45. The van der Waals surface area contributed by atoms with E-state index >= 15 is 0 Å². The van der Waals surface area contributed by atoms with Crippen LogP contribution in [0.2, 0.25) is 0 Å². The summed E-state index contributed by atoms with van der Waals surface area (Å²) in [5.41, 5.74) is 16.9. The van der Waals surface area contributed by atoms with E-state index in [1.807, 2.05) is 42.1 Å². The highest BCUT2D eigenvalue weighted by Gasteiger charge is 2.14. The molecular weight excluding hydrogens is 402 g/mol. The molecule has 4 rings (SSSR count). The summed E-state index contributed by atoms with van der Waals surface area (Å²) in [6, 6.07) is 13.6. The Balaban J connectivity index is 1.82. The molecule has 0 unspecified atom stereocenters. The van der Waals surface area contributed by atoms with Gasteiger partial charge in [-0.05, 0) is 43.3 Å². The van der Waals surface area contributed by atoms with E-state index in [1.54, 1.807) is 31.7 Å². The molecule has 5 N–H and O–H groups in total. The van der Waals surface area contributed by atoms with Gasteiger partial charge in [0.2, 0.25) is 5.91 Å². The van der Waals surface area contributed by atoms with E-state index in [2.05, 4.69) is 32.0 Å². The third-order valence-corrected chi connectivity index (χ3v) is 5.22. The molecule has 2 aromatic heterocycles. The standard InChI is InChI=1S/C24H25N7O/c1-3-28-19-11-16(24(26)32)7-8-23(19)31-10-9-18-21(5-4-6-22(18)31)30-14-20(29-15-30)17(12-25)13-27-2/h4-15,28H,3,25H2,1-2H3,(H2,26,32). The summed E-state index contributed by atoms with van der Waals surface area (Å²) in [7, 11) is 1.70. The number of hydrogen-bond donors (Lipinski definition) is 3. The lowest BCUT2D eigenvalue weighted by molar-refractivity contribution is 0.100. The van der Waals surface area contributed by atoms with Crippen LogP contribution < -0.4 is 16.8 Å². The molecule has 2 aromatic carbocycles. The van der Waals surface area contributed by atoms with E-state index in [4.69, 9.17) is 11.5 Å². The smallest absolute Gasteiger partial charge is 0.248 e. The third kappa shape index (κ3) is 3.74. The third-order valence-electron chi connectivity index (χ3n) is 5.22. The first-order valence-corrected chi connectivity index (χ1v) is 10.2. The normalized spacial score (nSPS) is 12.0. The van der Waals surface area contributed by atoms with Crippen molar-refractivity contribution in [1.29, 1.82) is 0 Å². The van der Waals surface area contributed by atoms with E-state index in [0.29, 0.717) is 5.56 Å². The number of carbonyl (C=O) groups is 1. The van der Waals surface area contributed by atoms with Gasteiger partial charge in [0.1, 0.15) is 0 Å². The van der Waals surface area contributed by atoms with E-state index in [1.165, 1.54) is 6.20 Å². The summed E-state index contributed by atoms with van der Waals surface area (Å²) in [5.74, 6) is -0.453. The Morgan fingerprint density at radius 2 is 2.06 bits per heavy atom. The molecule has 32 heavy (non-hydrogen) atoms. The van der Waals surface area contributed by atoms with Crippen molar-refractivity contribution in [3.63, 3.8) is 0 Å². The molecule has 4 aromatic rings. The van der Waals surface area contributed by atoms with E-state index in [0.717, 1.165) is 45.8 Å². The van der Waals surface area contributed by atoms with Crippen molar-refractivity contribution in [1.82, 2.24) is 14.1 Å². The van der Waals surface area contributed by atoms with Gasteiger partial charge >= 0.3 is 0 Å². The van der Waals surface area contributed by atoms with Crippen molar-refractivity contribution < 1.29 is 4.79 Å². The molecule has 0 aliphatic heterocycles. The maximum atomic E-state index is 11.6. The van der Waals surface area contributed by atoms with Gasteiger partial charge in [0, 0.05) is 54.9 Å². The van der Waals surface area contributed by atoms with Gasteiger partial charge in [-0.3, -0.25) is 9.79 Å². The largest absolute Gasteiger partial charge is 0.404 e. The van der Waals surface area contributed by atoms with Crippen LogP contribution in [0.4, 0.5) is 5.69 Å². The molecule has 1 amide bonds. The van der Waals surface area contributed by atoms with Crippen LogP contribution in [-0.4, -0.2) is 39.8 Å². The number of rotatable bonds is 7. The highest BCUT2D eigenvalue weighted by atomic mass is 16.1. The van der Waals surface area contributed by atoms with E-state index in [-0.39, 0.29) is 0 Å². The van der Waals surface area contributed by atoms with Gasteiger partial charge in [0.25, 0.3) is 0 Å². The summed E-state index contributed by atoms with van der Waals surface area (Å²) >= 11 is 0. The Bertz CT molecular complexity index is 1340. The Labute approximate surface area is 185 Å². The van der Waals surface area contributed by atoms with Crippen LogP contribution in [0.5, 0.6) is 0 Å². The summed E-state index contributed by atoms with van der Waals surface area (Å²) in [6.07, 6.45) is 8.88. The van der Waals surface area contributed by atoms with Gasteiger partial charge in [0.15, 0.2) is 0 Å². The summed E-state index contributed by atoms with van der Waals surface area (Å²) < 4.78 is 4.06. The molecule has 0 atom stereocenters. The molecule has 0 fully saturated rings. The first-order chi connectivity index (χ1) is 15.6. The minimum Gasteiger partial charge on any atom is -0.404 e. The first kappa shape index (κ1) is 20.9. The predicted octanol–water partition coefficient (Wildman–Crippen LogP) is 3.35. The van der Waals surface area contributed by atoms with Crippen LogP contribution in [0.25, 0.3) is 27.9 Å². The minimum atomic E-state index is -0.453. The fraction of sp³-hybridized carbons (Fsp3) is 0.125. The van der Waals surface area contributed by atoms with Crippen LogP contribution in [0.3, 0.4) is 0 Å². The fourth-order valence-corrected chi connectivity index (χ4v) is 3.76. The second-order valence-corrected chi connectivity index (χ2v) is 7.20. The molecule has 0 radical (unpaired) electrons. The Hall–Kier alpha value is -4.33. The molecule has 2 heterocycles. The lowest BCUT2D eigenvalue weighted by Gasteiger charge is -2.14. The quantitative estimate of drug-likeness (QED) is 0.392. The molecule has 162 valence electrons. The van der Waals surface area contributed by atoms with Gasteiger partial charge < -0.3 is 25.9 Å². The number of imidazole rings is 1. The zero-order valence-electron chi connectivity index (χ0n) is 18.0. The Kier molecular flexibility index (Phi) is 5.76.